The van der Waals surface area contributed by atoms with E-state index in [-0.39, 0.29) is 17.3 Å². The minimum absolute atomic E-state index is 0.0861. The normalized spacial score (nSPS) is 10.8. The van der Waals surface area contributed by atoms with E-state index in [9.17, 15) is 14.0 Å². The van der Waals surface area contributed by atoms with Crippen LogP contribution in [0.1, 0.15) is 27.8 Å². The van der Waals surface area contributed by atoms with E-state index < -0.39 is 5.91 Å². The van der Waals surface area contributed by atoms with Gasteiger partial charge in [0.2, 0.25) is 0 Å². The van der Waals surface area contributed by atoms with Gasteiger partial charge >= 0.3 is 0 Å². The second kappa shape index (κ2) is 7.03. The Balaban J connectivity index is 1.67. The average Bonchev–Trinajstić information content (AvgIpc) is 3.13. The predicted octanol–water partition coefficient (Wildman–Crippen LogP) is 3.99. The first-order valence-corrected chi connectivity index (χ1v) is 8.54. The van der Waals surface area contributed by atoms with Crippen LogP contribution in [0.2, 0.25) is 0 Å². The molecule has 0 aliphatic carbocycles. The zero-order valence-electron chi connectivity index (χ0n) is 14.9. The smallest absolute Gasteiger partial charge is 0.276 e. The Hall–Kier alpha value is -3.87. The molecule has 7 heteroatoms. The van der Waals surface area contributed by atoms with Crippen LogP contribution in [-0.4, -0.2) is 26.3 Å². The van der Waals surface area contributed by atoms with Crippen LogP contribution in [0.25, 0.3) is 16.9 Å². The van der Waals surface area contributed by atoms with Gasteiger partial charge in [-0.25, -0.2) is 13.9 Å². The SMILES string of the molecule is CC(=O)c1cccc(NC(=O)c2cc3nccc(-c4ccc(F)cc4)n3n2)c1. The number of halogens is 1. The molecular formula is C21H15FN4O2. The number of ketones is 1. The topological polar surface area (TPSA) is 76.4 Å². The fourth-order valence-electron chi connectivity index (χ4n) is 2.86. The number of Topliss-reactive ketones (excluding diaryl/α,β-unsaturated/α-hetero) is 1. The number of rotatable bonds is 4. The maximum atomic E-state index is 13.2. The van der Waals surface area contributed by atoms with Crippen molar-refractivity contribution in [3.05, 3.63) is 83.9 Å². The molecule has 0 bridgehead atoms. The first kappa shape index (κ1) is 17.5. The summed E-state index contributed by atoms with van der Waals surface area (Å²) in [5.74, 6) is -0.837. The van der Waals surface area contributed by atoms with Crippen molar-refractivity contribution in [2.24, 2.45) is 0 Å². The van der Waals surface area contributed by atoms with Crippen molar-refractivity contribution in [2.75, 3.05) is 5.32 Å². The Morgan fingerprint density at radius 1 is 1.04 bits per heavy atom. The van der Waals surface area contributed by atoms with E-state index in [0.717, 1.165) is 5.56 Å². The summed E-state index contributed by atoms with van der Waals surface area (Å²) in [7, 11) is 0. The summed E-state index contributed by atoms with van der Waals surface area (Å²) in [5, 5.41) is 7.08. The van der Waals surface area contributed by atoms with Gasteiger partial charge in [-0.2, -0.15) is 5.10 Å². The van der Waals surface area contributed by atoms with Crippen LogP contribution in [0, 0.1) is 5.82 Å². The molecule has 1 N–H and O–H groups in total. The molecule has 4 aromatic rings. The molecule has 2 heterocycles. The summed E-state index contributed by atoms with van der Waals surface area (Å²) in [6, 6.07) is 16.0. The van der Waals surface area contributed by atoms with Gasteiger partial charge in [-0.3, -0.25) is 9.59 Å². The van der Waals surface area contributed by atoms with E-state index >= 15 is 0 Å². The molecular weight excluding hydrogens is 359 g/mol. The number of carbonyl (C=O) groups excluding carboxylic acids is 2. The van der Waals surface area contributed by atoms with Crippen molar-refractivity contribution in [1.82, 2.24) is 14.6 Å². The summed E-state index contributed by atoms with van der Waals surface area (Å²) in [6.07, 6.45) is 1.60. The number of anilines is 1. The summed E-state index contributed by atoms with van der Waals surface area (Å²) in [6.45, 7) is 1.46. The third-order valence-electron chi connectivity index (χ3n) is 4.26. The van der Waals surface area contributed by atoms with Crippen LogP contribution in [0.15, 0.2) is 66.9 Å². The van der Waals surface area contributed by atoms with Crippen molar-refractivity contribution < 1.29 is 14.0 Å². The van der Waals surface area contributed by atoms with Crippen LogP contribution in [0.3, 0.4) is 0 Å². The molecule has 2 aromatic carbocycles. The van der Waals surface area contributed by atoms with Gasteiger partial charge < -0.3 is 5.32 Å². The van der Waals surface area contributed by atoms with E-state index in [1.54, 1.807) is 54.7 Å². The van der Waals surface area contributed by atoms with E-state index in [0.29, 0.717) is 22.6 Å². The molecule has 28 heavy (non-hydrogen) atoms. The van der Waals surface area contributed by atoms with Crippen molar-refractivity contribution in [3.8, 4) is 11.3 Å². The van der Waals surface area contributed by atoms with Gasteiger partial charge in [0.1, 0.15) is 5.82 Å². The zero-order chi connectivity index (χ0) is 19.7. The second-order valence-corrected chi connectivity index (χ2v) is 6.23. The molecule has 0 aliphatic rings. The standard InChI is InChI=1S/C21H15FN4O2/c1-13(27)15-3-2-4-17(11-15)24-21(28)18-12-20-23-10-9-19(26(20)25-18)14-5-7-16(22)8-6-14/h2-12H,1H3,(H,24,28). The Kier molecular flexibility index (Phi) is 4.41. The van der Waals surface area contributed by atoms with Gasteiger partial charge in [0, 0.05) is 29.1 Å². The summed E-state index contributed by atoms with van der Waals surface area (Å²) < 4.78 is 14.7. The van der Waals surface area contributed by atoms with Gasteiger partial charge in [0.15, 0.2) is 17.1 Å². The van der Waals surface area contributed by atoms with Crippen LogP contribution >= 0.6 is 0 Å². The Bertz CT molecular complexity index is 1200. The van der Waals surface area contributed by atoms with Gasteiger partial charge in [0.25, 0.3) is 5.91 Å². The maximum absolute atomic E-state index is 13.2. The number of benzene rings is 2. The van der Waals surface area contributed by atoms with Crippen molar-refractivity contribution in [1.29, 1.82) is 0 Å². The van der Waals surface area contributed by atoms with Crippen LogP contribution < -0.4 is 5.32 Å². The molecule has 0 aliphatic heterocycles. The van der Waals surface area contributed by atoms with Crippen molar-refractivity contribution in [3.63, 3.8) is 0 Å². The number of fused-ring (bicyclic) bond motifs is 1. The number of hydrogen-bond acceptors (Lipinski definition) is 4. The van der Waals surface area contributed by atoms with Crippen LogP contribution in [0.5, 0.6) is 0 Å². The molecule has 0 radical (unpaired) electrons. The quantitative estimate of drug-likeness (QED) is 0.548. The highest BCUT2D eigenvalue weighted by molar-refractivity contribution is 6.04. The first-order chi connectivity index (χ1) is 13.5. The third kappa shape index (κ3) is 3.37. The number of nitrogens with zero attached hydrogens (tertiary/aromatic N) is 3. The molecule has 0 saturated heterocycles. The number of amides is 1. The molecule has 0 saturated carbocycles. The lowest BCUT2D eigenvalue weighted by atomic mass is 10.1. The molecule has 6 nitrogen and oxygen atoms in total. The molecule has 0 fully saturated rings. The van der Waals surface area contributed by atoms with E-state index in [1.807, 2.05) is 0 Å². The van der Waals surface area contributed by atoms with Crippen LogP contribution in [0.4, 0.5) is 10.1 Å². The highest BCUT2D eigenvalue weighted by Crippen LogP contribution is 2.21. The molecule has 0 spiro atoms. The lowest BCUT2D eigenvalue weighted by Crippen LogP contribution is -2.13. The summed E-state index contributed by atoms with van der Waals surface area (Å²) >= 11 is 0. The fourth-order valence-corrected chi connectivity index (χ4v) is 2.86. The molecule has 0 unspecified atom stereocenters. The average molecular weight is 374 g/mol. The molecule has 0 atom stereocenters. The van der Waals surface area contributed by atoms with Gasteiger partial charge in [-0.1, -0.05) is 12.1 Å². The minimum atomic E-state index is -0.420. The zero-order valence-corrected chi connectivity index (χ0v) is 14.9. The second-order valence-electron chi connectivity index (χ2n) is 6.23. The lowest BCUT2D eigenvalue weighted by molar-refractivity contribution is 0.100. The van der Waals surface area contributed by atoms with Gasteiger partial charge in [0.05, 0.1) is 5.69 Å². The highest BCUT2D eigenvalue weighted by atomic mass is 19.1. The minimum Gasteiger partial charge on any atom is -0.321 e. The molecule has 2 aromatic heterocycles. The summed E-state index contributed by atoms with van der Waals surface area (Å²) in [5.41, 5.74) is 3.11. The number of carbonyl (C=O) groups is 2. The monoisotopic (exact) mass is 374 g/mol. The lowest BCUT2D eigenvalue weighted by Gasteiger charge is -2.05. The number of aromatic nitrogens is 3. The maximum Gasteiger partial charge on any atom is 0.276 e. The van der Waals surface area contributed by atoms with Gasteiger partial charge in [-0.15, -0.1) is 0 Å². The van der Waals surface area contributed by atoms with E-state index in [2.05, 4.69) is 15.4 Å². The molecule has 4 rings (SSSR count). The molecule has 138 valence electrons. The third-order valence-corrected chi connectivity index (χ3v) is 4.26. The largest absolute Gasteiger partial charge is 0.321 e. The van der Waals surface area contributed by atoms with Crippen LogP contribution in [-0.2, 0) is 0 Å². The highest BCUT2D eigenvalue weighted by Gasteiger charge is 2.15. The predicted molar refractivity (Wildman–Crippen MR) is 103 cm³/mol. The van der Waals surface area contributed by atoms with Crippen molar-refractivity contribution in [2.45, 2.75) is 6.92 Å². The number of nitrogens with one attached hydrogen (secondary N) is 1. The summed E-state index contributed by atoms with van der Waals surface area (Å²) in [4.78, 5) is 28.3. The first-order valence-electron chi connectivity index (χ1n) is 8.54. The van der Waals surface area contributed by atoms with Gasteiger partial charge in [-0.05, 0) is 49.4 Å². The fraction of sp³-hybridized carbons (Fsp3) is 0.0476. The van der Waals surface area contributed by atoms with Crippen molar-refractivity contribution >= 4 is 23.0 Å². The number of hydrogen-bond donors (Lipinski definition) is 1. The van der Waals surface area contributed by atoms with E-state index in [4.69, 9.17) is 0 Å². The van der Waals surface area contributed by atoms with E-state index in [1.165, 1.54) is 23.6 Å². The Morgan fingerprint density at radius 2 is 1.82 bits per heavy atom. The molecule has 1 amide bonds. The Morgan fingerprint density at radius 3 is 2.57 bits per heavy atom. The Labute approximate surface area is 159 Å².